The van der Waals surface area contributed by atoms with E-state index < -0.39 is 5.41 Å². The van der Waals surface area contributed by atoms with E-state index in [0.717, 1.165) is 22.3 Å². The maximum absolute atomic E-state index is 4.97. The van der Waals surface area contributed by atoms with Gasteiger partial charge in [-0.25, -0.2) is 15.0 Å². The Hall–Kier alpha value is -6.45. The molecule has 242 valence electrons. The van der Waals surface area contributed by atoms with Gasteiger partial charge >= 0.3 is 0 Å². The van der Waals surface area contributed by atoms with Gasteiger partial charge in [0.15, 0.2) is 17.5 Å². The van der Waals surface area contributed by atoms with Crippen LogP contribution in [0.2, 0.25) is 0 Å². The molecule has 3 heteroatoms. The SMILES string of the molecule is Cc1ccc(C2(c3ccc(C)cc3)c3ccccc3-c3c(-c4ccc(-c5nc(-c6ccccc6)nc(-c6ccccc6)n5)cc4)cccc32)cc1. The lowest BCUT2D eigenvalue weighted by atomic mass is 9.67. The third-order valence-corrected chi connectivity index (χ3v) is 10.2. The van der Waals surface area contributed by atoms with E-state index in [2.05, 4.69) is 129 Å². The number of rotatable bonds is 6. The molecule has 1 aliphatic carbocycles. The van der Waals surface area contributed by atoms with Gasteiger partial charge < -0.3 is 0 Å². The van der Waals surface area contributed by atoms with Crippen LogP contribution in [0.3, 0.4) is 0 Å². The fourth-order valence-corrected chi connectivity index (χ4v) is 7.70. The highest BCUT2D eigenvalue weighted by atomic mass is 15.0. The van der Waals surface area contributed by atoms with Crippen molar-refractivity contribution in [2.75, 3.05) is 0 Å². The smallest absolute Gasteiger partial charge is 0.164 e. The summed E-state index contributed by atoms with van der Waals surface area (Å²) in [6.07, 6.45) is 0. The Morgan fingerprint density at radius 3 is 1.27 bits per heavy atom. The van der Waals surface area contributed by atoms with E-state index in [9.17, 15) is 0 Å². The summed E-state index contributed by atoms with van der Waals surface area (Å²) in [7, 11) is 0. The second-order valence-electron chi connectivity index (χ2n) is 13.4. The molecule has 7 aromatic carbocycles. The van der Waals surface area contributed by atoms with Crippen LogP contribution in [0, 0.1) is 13.8 Å². The predicted molar refractivity (Wildman–Crippen MR) is 208 cm³/mol. The van der Waals surface area contributed by atoms with Gasteiger partial charge in [-0.2, -0.15) is 0 Å². The van der Waals surface area contributed by atoms with Gasteiger partial charge in [-0.3, -0.25) is 0 Å². The van der Waals surface area contributed by atoms with Crippen LogP contribution in [0.25, 0.3) is 56.4 Å². The summed E-state index contributed by atoms with van der Waals surface area (Å²) in [5, 5.41) is 0. The molecule has 0 N–H and O–H groups in total. The predicted octanol–water partition coefficient (Wildman–Crippen LogP) is 11.5. The van der Waals surface area contributed by atoms with E-state index in [4.69, 9.17) is 15.0 Å². The summed E-state index contributed by atoms with van der Waals surface area (Å²) in [4.78, 5) is 14.8. The van der Waals surface area contributed by atoms with Crippen molar-refractivity contribution in [2.45, 2.75) is 19.3 Å². The summed E-state index contributed by atoms with van der Waals surface area (Å²) in [5.41, 5.74) is 15.0. The fraction of sp³-hybridized carbons (Fsp3) is 0.0625. The molecule has 51 heavy (non-hydrogen) atoms. The Kier molecular flexibility index (Phi) is 7.48. The minimum atomic E-state index is -0.449. The molecular formula is C48H35N3. The minimum Gasteiger partial charge on any atom is -0.208 e. The lowest BCUT2D eigenvalue weighted by molar-refractivity contribution is 0.767. The van der Waals surface area contributed by atoms with Gasteiger partial charge in [0, 0.05) is 16.7 Å². The third-order valence-electron chi connectivity index (χ3n) is 10.2. The Morgan fingerprint density at radius 1 is 0.333 bits per heavy atom. The van der Waals surface area contributed by atoms with E-state index in [1.165, 1.54) is 50.1 Å². The highest BCUT2D eigenvalue weighted by Gasteiger charge is 2.46. The minimum absolute atomic E-state index is 0.449. The first-order chi connectivity index (χ1) is 25.1. The van der Waals surface area contributed by atoms with Crippen molar-refractivity contribution in [2.24, 2.45) is 0 Å². The van der Waals surface area contributed by atoms with Crippen LogP contribution < -0.4 is 0 Å². The van der Waals surface area contributed by atoms with Crippen LogP contribution in [-0.4, -0.2) is 15.0 Å². The molecule has 9 rings (SSSR count). The summed E-state index contributed by atoms with van der Waals surface area (Å²) < 4.78 is 0. The molecule has 0 fully saturated rings. The Labute approximate surface area is 299 Å². The lowest BCUT2D eigenvalue weighted by Gasteiger charge is -2.34. The molecule has 0 radical (unpaired) electrons. The van der Waals surface area contributed by atoms with Crippen molar-refractivity contribution in [3.05, 3.63) is 209 Å². The topological polar surface area (TPSA) is 38.7 Å². The van der Waals surface area contributed by atoms with Gasteiger partial charge in [-0.05, 0) is 58.4 Å². The Bertz CT molecular complexity index is 2400. The molecule has 8 aromatic rings. The molecule has 0 saturated heterocycles. The summed E-state index contributed by atoms with van der Waals surface area (Å²) >= 11 is 0. The Morgan fingerprint density at radius 2 is 0.745 bits per heavy atom. The van der Waals surface area contributed by atoms with Gasteiger partial charge in [-0.1, -0.05) is 187 Å². The van der Waals surface area contributed by atoms with Gasteiger partial charge in [-0.15, -0.1) is 0 Å². The van der Waals surface area contributed by atoms with Crippen molar-refractivity contribution >= 4 is 0 Å². The zero-order valence-corrected chi connectivity index (χ0v) is 28.6. The van der Waals surface area contributed by atoms with Crippen LogP contribution in [-0.2, 0) is 5.41 Å². The summed E-state index contributed by atoms with van der Waals surface area (Å²) in [5.74, 6) is 1.96. The highest BCUT2D eigenvalue weighted by Crippen LogP contribution is 2.58. The molecule has 0 amide bonds. The van der Waals surface area contributed by atoms with E-state index >= 15 is 0 Å². The molecule has 1 aromatic heterocycles. The number of benzene rings is 7. The van der Waals surface area contributed by atoms with E-state index in [1.807, 2.05) is 60.7 Å². The van der Waals surface area contributed by atoms with Gasteiger partial charge in [0.2, 0.25) is 0 Å². The second kappa shape index (κ2) is 12.5. The molecule has 0 bridgehead atoms. The normalized spacial score (nSPS) is 12.7. The monoisotopic (exact) mass is 653 g/mol. The van der Waals surface area contributed by atoms with Crippen LogP contribution in [0.4, 0.5) is 0 Å². The third kappa shape index (κ3) is 5.17. The molecular weight excluding hydrogens is 619 g/mol. The summed E-state index contributed by atoms with van der Waals surface area (Å²) in [6, 6.07) is 62.9. The van der Waals surface area contributed by atoms with Crippen LogP contribution in [0.15, 0.2) is 176 Å². The number of aryl methyl sites for hydroxylation is 2. The lowest BCUT2D eigenvalue weighted by Crippen LogP contribution is -2.28. The molecule has 1 heterocycles. The molecule has 0 saturated carbocycles. The molecule has 1 aliphatic rings. The largest absolute Gasteiger partial charge is 0.208 e. The molecule has 0 aliphatic heterocycles. The van der Waals surface area contributed by atoms with Crippen molar-refractivity contribution < 1.29 is 0 Å². The van der Waals surface area contributed by atoms with Crippen molar-refractivity contribution in [3.8, 4) is 56.4 Å². The van der Waals surface area contributed by atoms with E-state index in [1.54, 1.807) is 0 Å². The van der Waals surface area contributed by atoms with Crippen molar-refractivity contribution in [3.63, 3.8) is 0 Å². The number of hydrogen-bond donors (Lipinski definition) is 0. The average molecular weight is 654 g/mol. The zero-order chi connectivity index (χ0) is 34.4. The maximum Gasteiger partial charge on any atom is 0.164 e. The zero-order valence-electron chi connectivity index (χ0n) is 28.6. The fourth-order valence-electron chi connectivity index (χ4n) is 7.70. The average Bonchev–Trinajstić information content (AvgIpc) is 3.50. The molecule has 0 atom stereocenters. The molecule has 0 spiro atoms. The quantitative estimate of drug-likeness (QED) is 0.179. The summed E-state index contributed by atoms with van der Waals surface area (Å²) in [6.45, 7) is 4.31. The van der Waals surface area contributed by atoms with Crippen molar-refractivity contribution in [1.82, 2.24) is 15.0 Å². The highest BCUT2D eigenvalue weighted by molar-refractivity contribution is 5.95. The van der Waals surface area contributed by atoms with E-state index in [-0.39, 0.29) is 0 Å². The molecule has 3 nitrogen and oxygen atoms in total. The van der Waals surface area contributed by atoms with Crippen LogP contribution >= 0.6 is 0 Å². The van der Waals surface area contributed by atoms with Crippen LogP contribution in [0.5, 0.6) is 0 Å². The number of aromatic nitrogens is 3. The van der Waals surface area contributed by atoms with Crippen molar-refractivity contribution in [1.29, 1.82) is 0 Å². The van der Waals surface area contributed by atoms with Gasteiger partial charge in [0.05, 0.1) is 5.41 Å². The van der Waals surface area contributed by atoms with E-state index in [0.29, 0.717) is 17.5 Å². The first-order valence-electron chi connectivity index (χ1n) is 17.4. The second-order valence-corrected chi connectivity index (χ2v) is 13.4. The number of nitrogens with zero attached hydrogens (tertiary/aromatic N) is 3. The van der Waals surface area contributed by atoms with Gasteiger partial charge in [0.25, 0.3) is 0 Å². The van der Waals surface area contributed by atoms with Crippen LogP contribution in [0.1, 0.15) is 33.4 Å². The standard InChI is InChI=1S/C48H35N3/c1-32-20-28-38(29-21-32)48(39-30-22-33(2)23-31-39)42-18-10-9-16-41(42)44-40(17-11-19-43(44)48)34-24-26-37(27-25-34)47-50-45(35-12-5-3-6-13-35)49-46(51-47)36-14-7-4-8-15-36/h3-31H,1-2H3. The Balaban J connectivity index is 1.20. The van der Waals surface area contributed by atoms with Gasteiger partial charge in [0.1, 0.15) is 0 Å². The first-order valence-corrected chi connectivity index (χ1v) is 17.4. The number of fused-ring (bicyclic) bond motifs is 3. The molecule has 0 unspecified atom stereocenters. The maximum atomic E-state index is 4.97. The number of hydrogen-bond acceptors (Lipinski definition) is 3. The first kappa shape index (κ1) is 30.6.